The molecule has 0 unspecified atom stereocenters. The number of nitrogens with zero attached hydrogens (tertiary/aromatic N) is 2. The van der Waals surface area contributed by atoms with Gasteiger partial charge in [0.2, 0.25) is 0 Å². The Morgan fingerprint density at radius 2 is 2.00 bits per heavy atom. The second-order valence-corrected chi connectivity index (χ2v) is 3.01. The number of hydrogen-bond donors (Lipinski definition) is 1. The maximum absolute atomic E-state index is 12.4. The van der Waals surface area contributed by atoms with Gasteiger partial charge >= 0.3 is 0 Å². The van der Waals surface area contributed by atoms with Crippen LogP contribution in [0.4, 0.5) is 14.6 Å². The van der Waals surface area contributed by atoms with Crippen molar-refractivity contribution in [2.24, 2.45) is 0 Å². The van der Waals surface area contributed by atoms with Gasteiger partial charge in [0.1, 0.15) is 5.69 Å². The highest BCUT2D eigenvalue weighted by Gasteiger charge is 2.24. The van der Waals surface area contributed by atoms with Gasteiger partial charge in [-0.2, -0.15) is 0 Å². The molecule has 2 rings (SSSR count). The van der Waals surface area contributed by atoms with Crippen LogP contribution in [0.5, 0.6) is 0 Å². The van der Waals surface area contributed by atoms with Crippen LogP contribution in [0.2, 0.25) is 0 Å². The molecule has 1 heterocycles. The summed E-state index contributed by atoms with van der Waals surface area (Å²) in [5.74, 6) is 0.222. The maximum atomic E-state index is 12.4. The maximum Gasteiger partial charge on any atom is 0.283 e. The Balaban J connectivity index is 2.20. The Bertz CT molecular complexity index is 299. The topological polar surface area (TPSA) is 37.8 Å². The number of anilines is 1. The fourth-order valence-electron chi connectivity index (χ4n) is 1.04. The van der Waals surface area contributed by atoms with Crippen molar-refractivity contribution in [3.8, 4) is 0 Å². The van der Waals surface area contributed by atoms with Crippen molar-refractivity contribution in [3.63, 3.8) is 0 Å². The van der Waals surface area contributed by atoms with Crippen LogP contribution in [-0.2, 0) is 0 Å². The number of hydrogen-bond acceptors (Lipinski definition) is 3. The van der Waals surface area contributed by atoms with Gasteiger partial charge in [0, 0.05) is 18.4 Å². The molecule has 1 aliphatic rings. The standard InChI is InChI=1S/C8H9F2N3/c9-7(10)6-8(12-4-3-11-6)13-5-1-2-5/h3-5,7H,1-2H2,(H,12,13). The summed E-state index contributed by atoms with van der Waals surface area (Å²) >= 11 is 0. The minimum atomic E-state index is -2.56. The smallest absolute Gasteiger partial charge is 0.283 e. The van der Waals surface area contributed by atoms with Gasteiger partial charge in [-0.25, -0.2) is 18.7 Å². The molecular formula is C8H9F2N3. The number of rotatable bonds is 3. The van der Waals surface area contributed by atoms with Crippen LogP contribution in [0, 0.1) is 0 Å². The Morgan fingerprint density at radius 3 is 2.62 bits per heavy atom. The summed E-state index contributed by atoms with van der Waals surface area (Å²) in [6, 6.07) is 0.314. The van der Waals surface area contributed by atoms with Gasteiger partial charge in [0.15, 0.2) is 5.82 Å². The molecule has 70 valence electrons. The molecule has 0 bridgehead atoms. The third-order valence-electron chi connectivity index (χ3n) is 1.85. The van der Waals surface area contributed by atoms with E-state index in [0.29, 0.717) is 6.04 Å². The minimum absolute atomic E-state index is 0.222. The van der Waals surface area contributed by atoms with Gasteiger partial charge in [0.25, 0.3) is 6.43 Å². The second kappa shape index (κ2) is 3.24. The van der Waals surface area contributed by atoms with E-state index in [1.165, 1.54) is 12.4 Å². The van der Waals surface area contributed by atoms with E-state index in [2.05, 4.69) is 15.3 Å². The molecule has 1 fully saturated rings. The van der Waals surface area contributed by atoms with Crippen LogP contribution in [0.15, 0.2) is 12.4 Å². The molecule has 1 aliphatic carbocycles. The zero-order valence-electron chi connectivity index (χ0n) is 6.87. The van der Waals surface area contributed by atoms with Crippen molar-refractivity contribution >= 4 is 5.82 Å². The van der Waals surface area contributed by atoms with Gasteiger partial charge in [0.05, 0.1) is 0 Å². The van der Waals surface area contributed by atoms with Gasteiger partial charge in [-0.15, -0.1) is 0 Å². The van der Waals surface area contributed by atoms with Crippen LogP contribution >= 0.6 is 0 Å². The summed E-state index contributed by atoms with van der Waals surface area (Å²) in [7, 11) is 0. The first-order valence-corrected chi connectivity index (χ1v) is 4.13. The average molecular weight is 185 g/mol. The molecule has 1 aromatic rings. The Kier molecular flexibility index (Phi) is 2.08. The SMILES string of the molecule is FC(F)c1nccnc1NC1CC1. The first-order valence-electron chi connectivity index (χ1n) is 4.13. The van der Waals surface area contributed by atoms with E-state index < -0.39 is 6.43 Å². The Labute approximate surface area is 74.2 Å². The fourth-order valence-corrected chi connectivity index (χ4v) is 1.04. The molecular weight excluding hydrogens is 176 g/mol. The number of halogens is 2. The van der Waals surface area contributed by atoms with Crippen molar-refractivity contribution in [3.05, 3.63) is 18.1 Å². The monoisotopic (exact) mass is 185 g/mol. The second-order valence-electron chi connectivity index (χ2n) is 3.01. The van der Waals surface area contributed by atoms with Gasteiger partial charge in [-0.3, -0.25) is 0 Å². The van der Waals surface area contributed by atoms with E-state index in [4.69, 9.17) is 0 Å². The molecule has 0 spiro atoms. The quantitative estimate of drug-likeness (QED) is 0.782. The molecule has 1 aromatic heterocycles. The number of aromatic nitrogens is 2. The molecule has 0 amide bonds. The molecule has 0 aliphatic heterocycles. The summed E-state index contributed by atoms with van der Waals surface area (Å²) in [5.41, 5.74) is -0.255. The largest absolute Gasteiger partial charge is 0.366 e. The zero-order valence-corrected chi connectivity index (χ0v) is 6.87. The Hall–Kier alpha value is -1.26. The number of alkyl halides is 2. The van der Waals surface area contributed by atoms with Gasteiger partial charge in [-0.1, -0.05) is 0 Å². The normalized spacial score (nSPS) is 16.2. The predicted molar refractivity (Wildman–Crippen MR) is 43.6 cm³/mol. The minimum Gasteiger partial charge on any atom is -0.366 e. The van der Waals surface area contributed by atoms with E-state index in [9.17, 15) is 8.78 Å². The molecule has 3 nitrogen and oxygen atoms in total. The highest BCUT2D eigenvalue weighted by atomic mass is 19.3. The molecule has 0 aromatic carbocycles. The summed E-state index contributed by atoms with van der Waals surface area (Å²) in [5, 5.41) is 2.91. The third-order valence-corrected chi connectivity index (χ3v) is 1.85. The Morgan fingerprint density at radius 1 is 1.31 bits per heavy atom. The lowest BCUT2D eigenvalue weighted by Gasteiger charge is -2.07. The first kappa shape index (κ1) is 8.34. The van der Waals surface area contributed by atoms with Crippen molar-refractivity contribution < 1.29 is 8.78 Å². The number of nitrogens with one attached hydrogen (secondary N) is 1. The summed E-state index contributed by atoms with van der Waals surface area (Å²) in [6.07, 6.45) is 2.18. The van der Waals surface area contributed by atoms with E-state index in [-0.39, 0.29) is 11.5 Å². The van der Waals surface area contributed by atoms with Crippen LogP contribution in [-0.4, -0.2) is 16.0 Å². The average Bonchev–Trinajstić information content (AvgIpc) is 2.89. The van der Waals surface area contributed by atoms with E-state index in [1.807, 2.05) is 0 Å². The first-order chi connectivity index (χ1) is 6.27. The molecule has 0 radical (unpaired) electrons. The highest BCUT2D eigenvalue weighted by molar-refractivity contribution is 5.42. The fraction of sp³-hybridized carbons (Fsp3) is 0.500. The lowest BCUT2D eigenvalue weighted by Crippen LogP contribution is -2.07. The van der Waals surface area contributed by atoms with Crippen molar-refractivity contribution in [1.29, 1.82) is 0 Å². The highest BCUT2D eigenvalue weighted by Crippen LogP contribution is 2.28. The summed E-state index contributed by atoms with van der Waals surface area (Å²) < 4.78 is 24.7. The lowest BCUT2D eigenvalue weighted by atomic mass is 10.4. The van der Waals surface area contributed by atoms with Crippen molar-refractivity contribution in [2.75, 3.05) is 5.32 Å². The van der Waals surface area contributed by atoms with E-state index >= 15 is 0 Å². The molecule has 1 N–H and O–H groups in total. The molecule has 1 saturated carbocycles. The predicted octanol–water partition coefficient (Wildman–Crippen LogP) is 1.99. The zero-order chi connectivity index (χ0) is 9.26. The summed E-state index contributed by atoms with van der Waals surface area (Å²) in [4.78, 5) is 7.41. The van der Waals surface area contributed by atoms with Crippen LogP contribution < -0.4 is 5.32 Å². The van der Waals surface area contributed by atoms with Crippen LogP contribution in [0.3, 0.4) is 0 Å². The van der Waals surface area contributed by atoms with Crippen molar-refractivity contribution in [2.45, 2.75) is 25.3 Å². The summed E-state index contributed by atoms with van der Waals surface area (Å²) in [6.45, 7) is 0. The molecule has 0 atom stereocenters. The van der Waals surface area contributed by atoms with E-state index in [1.54, 1.807) is 0 Å². The van der Waals surface area contributed by atoms with Gasteiger partial charge in [-0.05, 0) is 12.8 Å². The van der Waals surface area contributed by atoms with Crippen LogP contribution in [0.1, 0.15) is 25.0 Å². The lowest BCUT2D eigenvalue weighted by molar-refractivity contribution is 0.146. The van der Waals surface area contributed by atoms with Gasteiger partial charge < -0.3 is 5.32 Å². The third kappa shape index (κ3) is 1.91. The van der Waals surface area contributed by atoms with E-state index in [0.717, 1.165) is 12.8 Å². The molecule has 13 heavy (non-hydrogen) atoms. The van der Waals surface area contributed by atoms with Crippen LogP contribution in [0.25, 0.3) is 0 Å². The molecule has 5 heteroatoms. The molecule has 0 saturated heterocycles. The van der Waals surface area contributed by atoms with Crippen molar-refractivity contribution in [1.82, 2.24) is 9.97 Å².